The summed E-state index contributed by atoms with van der Waals surface area (Å²) in [6.07, 6.45) is 0. The number of benzene rings is 2. The highest BCUT2D eigenvalue weighted by atomic mass is 16.6. The molecule has 0 atom stereocenters. The number of amides is 1. The molecule has 1 amide bonds. The van der Waals surface area contributed by atoms with Crippen LogP contribution >= 0.6 is 0 Å². The molecule has 2 aromatic heterocycles. The molecular formula is C21H17N9O3. The molecule has 0 spiro atoms. The number of carbonyl (C=O) groups is 1. The van der Waals surface area contributed by atoms with E-state index in [-0.39, 0.29) is 17.3 Å². The number of nitrogens with two attached hydrogens (primary N) is 1. The van der Waals surface area contributed by atoms with Crippen LogP contribution in [0.4, 0.5) is 5.82 Å². The van der Waals surface area contributed by atoms with Gasteiger partial charge >= 0.3 is 0 Å². The van der Waals surface area contributed by atoms with Crippen LogP contribution in [-0.2, 0) is 0 Å². The Bertz CT molecular complexity index is 1380. The molecule has 4 aromatic rings. The summed E-state index contributed by atoms with van der Waals surface area (Å²) in [6, 6.07) is 15.8. The van der Waals surface area contributed by atoms with Crippen molar-refractivity contribution in [3.8, 4) is 28.9 Å². The summed E-state index contributed by atoms with van der Waals surface area (Å²) in [7, 11) is 1.53. The zero-order chi connectivity index (χ0) is 23.4. The maximum absolute atomic E-state index is 13.0. The Labute approximate surface area is 187 Å². The Balaban J connectivity index is 1.71. The first kappa shape index (κ1) is 21.2. The lowest BCUT2D eigenvalue weighted by atomic mass is 10.1. The van der Waals surface area contributed by atoms with E-state index in [0.29, 0.717) is 28.3 Å². The number of carbonyl (C=O) groups excluding carboxylic acids is 1. The van der Waals surface area contributed by atoms with Crippen molar-refractivity contribution >= 4 is 17.4 Å². The first-order valence-electron chi connectivity index (χ1n) is 9.55. The highest BCUT2D eigenvalue weighted by Crippen LogP contribution is 2.29. The van der Waals surface area contributed by atoms with Crippen LogP contribution < -0.4 is 15.9 Å². The van der Waals surface area contributed by atoms with E-state index < -0.39 is 5.91 Å². The smallest absolute Gasteiger partial charge is 0.294 e. The van der Waals surface area contributed by atoms with E-state index >= 15 is 0 Å². The molecule has 0 aliphatic heterocycles. The van der Waals surface area contributed by atoms with Crippen LogP contribution in [0.2, 0.25) is 0 Å². The molecule has 12 heteroatoms. The number of nitrogen functional groups attached to an aromatic ring is 1. The van der Waals surface area contributed by atoms with Gasteiger partial charge < -0.3 is 10.5 Å². The molecule has 12 nitrogen and oxygen atoms in total. The molecule has 2 aromatic carbocycles. The van der Waals surface area contributed by atoms with E-state index in [2.05, 4.69) is 41.9 Å². The molecule has 164 valence electrons. The van der Waals surface area contributed by atoms with E-state index in [1.807, 2.05) is 0 Å². The molecule has 0 saturated heterocycles. The van der Waals surface area contributed by atoms with Crippen molar-refractivity contribution in [1.82, 2.24) is 30.7 Å². The Morgan fingerprint density at radius 2 is 2.03 bits per heavy atom. The zero-order valence-electron chi connectivity index (χ0n) is 17.6. The minimum absolute atomic E-state index is 0.0225. The van der Waals surface area contributed by atoms with Gasteiger partial charge in [-0.3, -0.25) is 4.79 Å². The minimum Gasteiger partial charge on any atom is -0.497 e. The van der Waals surface area contributed by atoms with Gasteiger partial charge in [-0.25, -0.2) is 10.1 Å². The van der Waals surface area contributed by atoms with Crippen LogP contribution in [0.15, 0.2) is 58.3 Å². The predicted octanol–water partition coefficient (Wildman–Crippen LogP) is 1.93. The van der Waals surface area contributed by atoms with Gasteiger partial charge in [0.15, 0.2) is 5.69 Å². The second-order valence-corrected chi connectivity index (χ2v) is 6.73. The molecule has 33 heavy (non-hydrogen) atoms. The summed E-state index contributed by atoms with van der Waals surface area (Å²) in [5.74, 6) is 0.0111. The standard InChI is InChI=1S/C21H17N9O3/c1-12(14-8-6-13(11-22)7-9-14)24-26-21(31)17-18(15-4-3-5-16(10-15)32-2)30(29-25-17)20-19(23)27-33-28-20/h3-10H,1-2H3,(H2,23,27)(H,26,31)/b24-12+. The van der Waals surface area contributed by atoms with Crippen LogP contribution in [0.25, 0.3) is 17.1 Å². The van der Waals surface area contributed by atoms with Crippen molar-refractivity contribution in [1.29, 1.82) is 5.26 Å². The third kappa shape index (κ3) is 4.23. The van der Waals surface area contributed by atoms with Gasteiger partial charge in [0.2, 0.25) is 11.6 Å². The number of nitrogens with one attached hydrogen (secondary N) is 1. The largest absolute Gasteiger partial charge is 0.497 e. The van der Waals surface area contributed by atoms with Crippen LogP contribution in [0.3, 0.4) is 0 Å². The minimum atomic E-state index is -0.609. The maximum atomic E-state index is 13.0. The van der Waals surface area contributed by atoms with Crippen molar-refractivity contribution in [2.24, 2.45) is 5.10 Å². The van der Waals surface area contributed by atoms with E-state index in [4.69, 9.17) is 15.7 Å². The Hall–Kier alpha value is -5.05. The SMILES string of the molecule is COc1cccc(-c2c(C(=O)N/N=C(\C)c3ccc(C#N)cc3)nnn2-c2nonc2N)c1. The van der Waals surface area contributed by atoms with E-state index in [1.54, 1.807) is 55.5 Å². The van der Waals surface area contributed by atoms with Crippen molar-refractivity contribution in [2.75, 3.05) is 12.8 Å². The molecule has 0 saturated carbocycles. The summed E-state index contributed by atoms with van der Waals surface area (Å²) < 4.78 is 11.2. The molecule has 0 aliphatic rings. The van der Waals surface area contributed by atoms with Gasteiger partial charge in [-0.1, -0.05) is 29.5 Å². The number of hydrogen-bond donors (Lipinski definition) is 2. The van der Waals surface area contributed by atoms with Gasteiger partial charge in [-0.05, 0) is 47.1 Å². The van der Waals surface area contributed by atoms with Crippen LogP contribution in [0.5, 0.6) is 5.75 Å². The monoisotopic (exact) mass is 443 g/mol. The molecule has 0 fully saturated rings. The van der Waals surface area contributed by atoms with Gasteiger partial charge in [-0.15, -0.1) is 5.10 Å². The topological polar surface area (TPSA) is 170 Å². The second-order valence-electron chi connectivity index (χ2n) is 6.73. The Morgan fingerprint density at radius 3 is 2.70 bits per heavy atom. The van der Waals surface area contributed by atoms with Crippen LogP contribution in [0.1, 0.15) is 28.5 Å². The van der Waals surface area contributed by atoms with E-state index in [1.165, 1.54) is 11.8 Å². The Morgan fingerprint density at radius 1 is 1.24 bits per heavy atom. The average Bonchev–Trinajstić information content (AvgIpc) is 3.48. The number of rotatable bonds is 6. The molecule has 2 heterocycles. The summed E-state index contributed by atoms with van der Waals surface area (Å²) in [5.41, 5.74) is 10.9. The Kier molecular flexibility index (Phi) is 5.77. The number of hydrazone groups is 1. The highest BCUT2D eigenvalue weighted by molar-refractivity contribution is 6.02. The fraction of sp³-hybridized carbons (Fsp3) is 0.0952. The number of aromatic nitrogens is 5. The third-order valence-electron chi connectivity index (χ3n) is 4.68. The van der Waals surface area contributed by atoms with E-state index in [9.17, 15) is 4.79 Å². The zero-order valence-corrected chi connectivity index (χ0v) is 17.6. The van der Waals surface area contributed by atoms with Crippen molar-refractivity contribution in [3.63, 3.8) is 0 Å². The number of methoxy groups -OCH3 is 1. The quantitative estimate of drug-likeness (QED) is 0.334. The fourth-order valence-corrected chi connectivity index (χ4v) is 2.99. The first-order valence-corrected chi connectivity index (χ1v) is 9.55. The first-order chi connectivity index (χ1) is 16.0. The van der Waals surface area contributed by atoms with Gasteiger partial charge in [0.05, 0.1) is 24.5 Å². The van der Waals surface area contributed by atoms with Gasteiger partial charge in [0.1, 0.15) is 11.4 Å². The fourth-order valence-electron chi connectivity index (χ4n) is 2.99. The number of hydrogen-bond acceptors (Lipinski definition) is 10. The van der Waals surface area contributed by atoms with Gasteiger partial charge in [-0.2, -0.15) is 15.0 Å². The average molecular weight is 443 g/mol. The summed E-state index contributed by atoms with van der Waals surface area (Å²) in [6.45, 7) is 1.73. The van der Waals surface area contributed by atoms with Gasteiger partial charge in [0, 0.05) is 5.56 Å². The molecular weight excluding hydrogens is 426 g/mol. The molecule has 0 radical (unpaired) electrons. The van der Waals surface area contributed by atoms with Crippen LogP contribution in [0, 0.1) is 11.3 Å². The normalized spacial score (nSPS) is 11.1. The lowest BCUT2D eigenvalue weighted by Gasteiger charge is -2.08. The number of anilines is 1. The molecule has 0 aliphatic carbocycles. The number of ether oxygens (including phenoxy) is 1. The molecule has 3 N–H and O–H groups in total. The van der Waals surface area contributed by atoms with Crippen LogP contribution in [-0.4, -0.2) is 44.0 Å². The summed E-state index contributed by atoms with van der Waals surface area (Å²) in [4.78, 5) is 13.0. The molecule has 0 unspecified atom stereocenters. The maximum Gasteiger partial charge on any atom is 0.294 e. The van der Waals surface area contributed by atoms with Crippen molar-refractivity contribution < 1.29 is 14.2 Å². The second kappa shape index (κ2) is 8.98. The highest BCUT2D eigenvalue weighted by Gasteiger charge is 2.25. The lowest BCUT2D eigenvalue weighted by molar-refractivity contribution is 0.0950. The predicted molar refractivity (Wildman–Crippen MR) is 116 cm³/mol. The molecule has 0 bridgehead atoms. The van der Waals surface area contributed by atoms with Crippen molar-refractivity contribution in [2.45, 2.75) is 6.92 Å². The van der Waals surface area contributed by atoms with Gasteiger partial charge in [0.25, 0.3) is 5.91 Å². The third-order valence-corrected chi connectivity index (χ3v) is 4.68. The summed E-state index contributed by atoms with van der Waals surface area (Å²) in [5, 5.41) is 28.4. The summed E-state index contributed by atoms with van der Waals surface area (Å²) >= 11 is 0. The number of nitriles is 1. The lowest BCUT2D eigenvalue weighted by Crippen LogP contribution is -2.21. The number of nitrogens with zero attached hydrogens (tertiary/aromatic N) is 7. The van der Waals surface area contributed by atoms with Crippen molar-refractivity contribution in [3.05, 3.63) is 65.4 Å². The van der Waals surface area contributed by atoms with E-state index in [0.717, 1.165) is 5.56 Å². The molecule has 4 rings (SSSR count).